The van der Waals surface area contributed by atoms with Gasteiger partial charge in [0.1, 0.15) is 11.5 Å². The van der Waals surface area contributed by atoms with Crippen molar-refractivity contribution in [2.24, 2.45) is 7.05 Å². The molecule has 0 atom stereocenters. The quantitative estimate of drug-likeness (QED) is 0.589. The van der Waals surface area contributed by atoms with Gasteiger partial charge in [-0.2, -0.15) is 0 Å². The lowest BCUT2D eigenvalue weighted by Crippen LogP contribution is -2.07. The number of hydrogen-bond donors (Lipinski definition) is 1. The van der Waals surface area contributed by atoms with Crippen molar-refractivity contribution in [3.05, 3.63) is 46.0 Å². The number of nitrogens with one attached hydrogen (secondary N) is 1. The van der Waals surface area contributed by atoms with E-state index in [1.807, 2.05) is 23.9 Å². The van der Waals surface area contributed by atoms with E-state index < -0.39 is 4.92 Å². The molecule has 2 heterocycles. The Kier molecular flexibility index (Phi) is 3.07. The summed E-state index contributed by atoms with van der Waals surface area (Å²) in [5, 5.41) is 14.3. The zero-order chi connectivity index (χ0) is 14.1. The number of hydrogen-bond acceptors (Lipinski definition) is 6. The van der Waals surface area contributed by atoms with E-state index in [0.717, 1.165) is 10.5 Å². The molecule has 0 bridgehead atoms. The van der Waals surface area contributed by atoms with Crippen LogP contribution in [0.5, 0.6) is 0 Å². The summed E-state index contributed by atoms with van der Waals surface area (Å²) in [7, 11) is 1.88. The topological polar surface area (TPSA) is 85.9 Å². The SMILES string of the molecule is Cn1ccnc1CNc1ccc2scnc2c1[N+](=O)[O-]. The molecule has 20 heavy (non-hydrogen) atoms. The number of rotatable bonds is 4. The number of nitro benzene ring substituents is 1. The van der Waals surface area contributed by atoms with E-state index in [1.54, 1.807) is 17.8 Å². The minimum atomic E-state index is -0.400. The summed E-state index contributed by atoms with van der Waals surface area (Å²) >= 11 is 1.39. The number of nitrogens with zero attached hydrogens (tertiary/aromatic N) is 4. The monoisotopic (exact) mass is 289 g/mol. The maximum Gasteiger partial charge on any atom is 0.319 e. The molecule has 3 rings (SSSR count). The Balaban J connectivity index is 1.96. The first kappa shape index (κ1) is 12.5. The molecule has 0 radical (unpaired) electrons. The first-order valence-corrected chi connectivity index (χ1v) is 6.75. The van der Waals surface area contributed by atoms with Crippen molar-refractivity contribution in [3.63, 3.8) is 0 Å². The van der Waals surface area contributed by atoms with Crippen molar-refractivity contribution in [2.75, 3.05) is 5.32 Å². The van der Waals surface area contributed by atoms with Crippen LogP contribution in [0.1, 0.15) is 5.82 Å². The number of aryl methyl sites for hydroxylation is 1. The molecule has 0 saturated heterocycles. The Morgan fingerprint density at radius 1 is 1.45 bits per heavy atom. The van der Waals surface area contributed by atoms with Gasteiger partial charge in [-0.05, 0) is 12.1 Å². The summed E-state index contributed by atoms with van der Waals surface area (Å²) in [5.41, 5.74) is 2.50. The van der Waals surface area contributed by atoms with Crippen LogP contribution in [0.4, 0.5) is 11.4 Å². The molecule has 2 aromatic heterocycles. The molecule has 1 N–H and O–H groups in total. The molecule has 0 amide bonds. The van der Waals surface area contributed by atoms with E-state index >= 15 is 0 Å². The number of nitro groups is 1. The van der Waals surface area contributed by atoms with Crippen LogP contribution in [-0.2, 0) is 13.6 Å². The van der Waals surface area contributed by atoms with E-state index in [1.165, 1.54) is 11.3 Å². The Bertz CT molecular complexity index is 779. The molecule has 7 nitrogen and oxygen atoms in total. The Hall–Kier alpha value is -2.48. The van der Waals surface area contributed by atoms with Crippen molar-refractivity contribution in [1.29, 1.82) is 0 Å². The lowest BCUT2D eigenvalue weighted by molar-refractivity contribution is -0.382. The van der Waals surface area contributed by atoms with E-state index in [2.05, 4.69) is 15.3 Å². The second-order valence-corrected chi connectivity index (χ2v) is 5.11. The molecule has 0 fully saturated rings. The second kappa shape index (κ2) is 4.89. The lowest BCUT2D eigenvalue weighted by Gasteiger charge is -2.07. The van der Waals surface area contributed by atoms with Gasteiger partial charge < -0.3 is 9.88 Å². The maximum atomic E-state index is 11.3. The molecule has 0 unspecified atom stereocenters. The highest BCUT2D eigenvalue weighted by Gasteiger charge is 2.20. The van der Waals surface area contributed by atoms with Gasteiger partial charge in [0.25, 0.3) is 0 Å². The van der Waals surface area contributed by atoms with Crippen LogP contribution in [0.15, 0.2) is 30.0 Å². The smallest absolute Gasteiger partial charge is 0.319 e. The zero-order valence-electron chi connectivity index (χ0n) is 10.6. The summed E-state index contributed by atoms with van der Waals surface area (Å²) < 4.78 is 2.67. The largest absolute Gasteiger partial charge is 0.372 e. The molecule has 0 aliphatic heterocycles. The fourth-order valence-corrected chi connectivity index (χ4v) is 2.66. The molecule has 8 heteroatoms. The van der Waals surface area contributed by atoms with Gasteiger partial charge in [-0.15, -0.1) is 11.3 Å². The number of fused-ring (bicyclic) bond motifs is 1. The number of aromatic nitrogens is 3. The molecular weight excluding hydrogens is 278 g/mol. The van der Waals surface area contributed by atoms with Crippen LogP contribution < -0.4 is 5.32 Å². The van der Waals surface area contributed by atoms with Gasteiger partial charge in [0.05, 0.1) is 21.7 Å². The Labute approximate surface area is 118 Å². The van der Waals surface area contributed by atoms with Gasteiger partial charge >= 0.3 is 5.69 Å². The summed E-state index contributed by atoms with van der Waals surface area (Å²) in [6.45, 7) is 0.417. The van der Waals surface area contributed by atoms with Crippen LogP contribution in [-0.4, -0.2) is 19.5 Å². The zero-order valence-corrected chi connectivity index (χ0v) is 11.4. The summed E-state index contributed by atoms with van der Waals surface area (Å²) in [6.07, 6.45) is 3.52. The number of anilines is 1. The fourth-order valence-electron chi connectivity index (χ4n) is 1.99. The minimum absolute atomic E-state index is 0.0120. The van der Waals surface area contributed by atoms with Crippen molar-refractivity contribution < 1.29 is 4.92 Å². The first-order chi connectivity index (χ1) is 9.66. The highest BCUT2D eigenvalue weighted by Crippen LogP contribution is 2.34. The third-order valence-corrected chi connectivity index (χ3v) is 3.81. The van der Waals surface area contributed by atoms with E-state index in [9.17, 15) is 10.1 Å². The van der Waals surface area contributed by atoms with Crippen molar-refractivity contribution in [2.45, 2.75) is 6.54 Å². The highest BCUT2D eigenvalue weighted by molar-refractivity contribution is 7.16. The van der Waals surface area contributed by atoms with E-state index in [0.29, 0.717) is 17.7 Å². The predicted molar refractivity (Wildman–Crippen MR) is 76.8 cm³/mol. The number of benzene rings is 1. The Morgan fingerprint density at radius 2 is 2.30 bits per heavy atom. The average Bonchev–Trinajstić information content (AvgIpc) is 3.03. The third-order valence-electron chi connectivity index (χ3n) is 3.02. The maximum absolute atomic E-state index is 11.3. The molecule has 0 aliphatic rings. The normalized spacial score (nSPS) is 10.8. The molecule has 102 valence electrons. The second-order valence-electron chi connectivity index (χ2n) is 4.23. The van der Waals surface area contributed by atoms with Gasteiger partial charge in [-0.1, -0.05) is 0 Å². The van der Waals surface area contributed by atoms with Crippen molar-refractivity contribution in [3.8, 4) is 0 Å². The first-order valence-electron chi connectivity index (χ1n) is 5.87. The van der Waals surface area contributed by atoms with E-state index in [4.69, 9.17) is 0 Å². The van der Waals surface area contributed by atoms with Gasteiger partial charge in [0, 0.05) is 19.4 Å². The standard InChI is InChI=1S/C12H11N5O2S/c1-16-5-4-13-10(16)6-14-8-2-3-9-11(15-7-20-9)12(8)17(18)19/h2-5,7,14H,6H2,1H3. The van der Waals surface area contributed by atoms with Gasteiger partial charge in [0.2, 0.25) is 0 Å². The molecule has 0 spiro atoms. The number of imidazole rings is 1. The molecule has 3 aromatic rings. The van der Waals surface area contributed by atoms with Crippen LogP contribution >= 0.6 is 11.3 Å². The Morgan fingerprint density at radius 3 is 3.00 bits per heavy atom. The predicted octanol–water partition coefficient (Wildman–Crippen LogP) is 2.55. The summed E-state index contributed by atoms with van der Waals surface area (Å²) in [4.78, 5) is 19.1. The lowest BCUT2D eigenvalue weighted by atomic mass is 10.2. The summed E-state index contributed by atoms with van der Waals surface area (Å²) in [5.74, 6) is 0.803. The van der Waals surface area contributed by atoms with Crippen LogP contribution in [0, 0.1) is 10.1 Å². The van der Waals surface area contributed by atoms with Gasteiger partial charge in [-0.25, -0.2) is 9.97 Å². The minimum Gasteiger partial charge on any atom is -0.372 e. The average molecular weight is 289 g/mol. The highest BCUT2D eigenvalue weighted by atomic mass is 32.1. The van der Waals surface area contributed by atoms with Crippen molar-refractivity contribution >= 4 is 32.9 Å². The third kappa shape index (κ3) is 2.10. The molecular formula is C12H11N5O2S. The molecule has 0 aliphatic carbocycles. The fraction of sp³-hybridized carbons (Fsp3) is 0.167. The number of thiazole rings is 1. The van der Waals surface area contributed by atoms with Crippen LogP contribution in [0.25, 0.3) is 10.2 Å². The molecule has 0 saturated carbocycles. The van der Waals surface area contributed by atoms with Crippen LogP contribution in [0.3, 0.4) is 0 Å². The van der Waals surface area contributed by atoms with Gasteiger partial charge in [-0.3, -0.25) is 10.1 Å². The van der Waals surface area contributed by atoms with Gasteiger partial charge in [0.15, 0.2) is 5.52 Å². The molecule has 1 aromatic carbocycles. The van der Waals surface area contributed by atoms with Crippen LogP contribution in [0.2, 0.25) is 0 Å². The van der Waals surface area contributed by atoms with E-state index in [-0.39, 0.29) is 5.69 Å². The van der Waals surface area contributed by atoms with Crippen molar-refractivity contribution in [1.82, 2.24) is 14.5 Å². The summed E-state index contributed by atoms with van der Waals surface area (Å²) in [6, 6.07) is 3.54.